The van der Waals surface area contributed by atoms with Gasteiger partial charge in [-0.1, -0.05) is 6.07 Å². The van der Waals surface area contributed by atoms with Crippen molar-refractivity contribution in [1.29, 1.82) is 0 Å². The maximum absolute atomic E-state index is 12.7. The van der Waals surface area contributed by atoms with Gasteiger partial charge in [0, 0.05) is 30.2 Å². The van der Waals surface area contributed by atoms with Crippen LogP contribution in [0.3, 0.4) is 0 Å². The number of fused-ring (bicyclic) bond motifs is 1. The Hall–Kier alpha value is -3.55. The molecule has 1 saturated heterocycles. The van der Waals surface area contributed by atoms with Gasteiger partial charge in [0.1, 0.15) is 17.0 Å². The van der Waals surface area contributed by atoms with Crippen LogP contribution < -0.4 is 25.4 Å². The number of benzene rings is 2. The third-order valence-electron chi connectivity index (χ3n) is 5.08. The minimum Gasteiger partial charge on any atom is -0.497 e. The number of nitrogens with one attached hydrogen (secondary N) is 3. The van der Waals surface area contributed by atoms with Crippen LogP contribution in [0.25, 0.3) is 0 Å². The molecule has 4 amide bonds. The lowest BCUT2D eigenvalue weighted by Gasteiger charge is -2.18. The largest absolute Gasteiger partial charge is 0.497 e. The van der Waals surface area contributed by atoms with Crippen molar-refractivity contribution in [3.05, 3.63) is 53.1 Å². The first-order valence-corrected chi connectivity index (χ1v) is 8.72. The number of imide groups is 1. The molecule has 0 radical (unpaired) electrons. The molecule has 28 heavy (non-hydrogen) atoms. The molecule has 4 rings (SSSR count). The number of anilines is 1. The smallest absolute Gasteiger partial charge is 0.322 e. The van der Waals surface area contributed by atoms with Crippen LogP contribution in [-0.4, -0.2) is 37.6 Å². The van der Waals surface area contributed by atoms with Crippen molar-refractivity contribution in [2.24, 2.45) is 0 Å². The molecule has 144 valence electrons. The van der Waals surface area contributed by atoms with Gasteiger partial charge in [0.05, 0.1) is 14.2 Å². The highest BCUT2D eigenvalue weighted by Crippen LogP contribution is 2.34. The molecule has 0 saturated carbocycles. The Morgan fingerprint density at radius 3 is 2.29 bits per heavy atom. The van der Waals surface area contributed by atoms with Crippen molar-refractivity contribution < 1.29 is 23.9 Å². The van der Waals surface area contributed by atoms with E-state index in [9.17, 15) is 14.4 Å². The average molecular weight is 381 g/mol. The van der Waals surface area contributed by atoms with Gasteiger partial charge >= 0.3 is 6.03 Å². The molecule has 1 fully saturated rings. The second kappa shape index (κ2) is 6.56. The lowest BCUT2D eigenvalue weighted by Crippen LogP contribution is -2.47. The Morgan fingerprint density at radius 1 is 1.00 bits per heavy atom. The fourth-order valence-electron chi connectivity index (χ4n) is 3.67. The van der Waals surface area contributed by atoms with Crippen LogP contribution >= 0.6 is 0 Å². The zero-order valence-electron chi connectivity index (χ0n) is 15.4. The van der Waals surface area contributed by atoms with Crippen LogP contribution in [0.15, 0.2) is 36.4 Å². The third-order valence-corrected chi connectivity index (χ3v) is 5.08. The molecule has 2 aromatic rings. The Kier molecular flexibility index (Phi) is 4.18. The summed E-state index contributed by atoms with van der Waals surface area (Å²) in [5, 5.41) is 7.87. The monoisotopic (exact) mass is 381 g/mol. The Labute approximate surface area is 161 Å². The van der Waals surface area contributed by atoms with Crippen LogP contribution in [0, 0.1) is 0 Å². The standard InChI is InChI=1S/C20H19N3O5/c1-27-15-6-12(7-16(8-15)28-2)17(24)21-14-4-3-11-9-20(10-13(11)5-14)18(25)22-19(26)23-20/h3-8H,9-10H2,1-2H3,(H,21,24)(H2,22,23,25,26). The molecule has 1 aliphatic heterocycles. The number of hydrogen-bond donors (Lipinski definition) is 3. The molecule has 8 nitrogen and oxygen atoms in total. The highest BCUT2D eigenvalue weighted by atomic mass is 16.5. The summed E-state index contributed by atoms with van der Waals surface area (Å²) in [6, 6.07) is 9.94. The van der Waals surface area contributed by atoms with Gasteiger partial charge in [-0.3, -0.25) is 14.9 Å². The number of hydrogen-bond acceptors (Lipinski definition) is 5. The Balaban J connectivity index is 1.55. The summed E-state index contributed by atoms with van der Waals surface area (Å²) in [6.07, 6.45) is 0.817. The fraction of sp³-hybridized carbons (Fsp3) is 0.250. The topological polar surface area (TPSA) is 106 Å². The van der Waals surface area contributed by atoms with Crippen molar-refractivity contribution in [1.82, 2.24) is 10.6 Å². The van der Waals surface area contributed by atoms with Crippen molar-refractivity contribution in [2.45, 2.75) is 18.4 Å². The van der Waals surface area contributed by atoms with E-state index in [4.69, 9.17) is 9.47 Å². The maximum atomic E-state index is 12.7. The Bertz CT molecular complexity index is 981. The molecule has 1 aliphatic carbocycles. The molecule has 2 aromatic carbocycles. The number of rotatable bonds is 4. The van der Waals surface area contributed by atoms with Crippen LogP contribution in [0.5, 0.6) is 11.5 Å². The fourth-order valence-corrected chi connectivity index (χ4v) is 3.67. The van der Waals surface area contributed by atoms with Gasteiger partial charge in [-0.2, -0.15) is 0 Å². The second-order valence-corrected chi connectivity index (χ2v) is 6.88. The quantitative estimate of drug-likeness (QED) is 0.698. The van der Waals surface area contributed by atoms with Gasteiger partial charge in [0.15, 0.2) is 0 Å². The number of methoxy groups -OCH3 is 2. The van der Waals surface area contributed by atoms with Crippen LogP contribution in [-0.2, 0) is 17.6 Å². The number of ether oxygens (including phenoxy) is 2. The van der Waals surface area contributed by atoms with Gasteiger partial charge in [0.25, 0.3) is 11.8 Å². The number of amides is 4. The normalized spacial score (nSPS) is 19.8. The van der Waals surface area contributed by atoms with Gasteiger partial charge in [0.2, 0.25) is 0 Å². The summed E-state index contributed by atoms with van der Waals surface area (Å²) in [6.45, 7) is 0. The predicted octanol–water partition coefficient (Wildman–Crippen LogP) is 1.63. The first-order chi connectivity index (χ1) is 13.4. The molecule has 2 aliphatic rings. The minimum atomic E-state index is -0.928. The highest BCUT2D eigenvalue weighted by Gasteiger charge is 2.49. The van der Waals surface area contributed by atoms with Gasteiger partial charge in [-0.15, -0.1) is 0 Å². The van der Waals surface area contributed by atoms with E-state index in [2.05, 4.69) is 16.0 Å². The van der Waals surface area contributed by atoms with Crippen molar-refractivity contribution in [3.8, 4) is 11.5 Å². The molecule has 1 heterocycles. The average Bonchev–Trinajstić information content (AvgIpc) is 3.18. The van der Waals surface area contributed by atoms with Gasteiger partial charge < -0.3 is 20.1 Å². The molecule has 1 atom stereocenters. The Morgan fingerprint density at radius 2 is 1.68 bits per heavy atom. The predicted molar refractivity (Wildman–Crippen MR) is 101 cm³/mol. The van der Waals surface area contributed by atoms with E-state index in [1.54, 1.807) is 24.3 Å². The van der Waals surface area contributed by atoms with Crippen LogP contribution in [0.4, 0.5) is 10.5 Å². The van der Waals surface area contributed by atoms with E-state index in [1.807, 2.05) is 12.1 Å². The van der Waals surface area contributed by atoms with Crippen LogP contribution in [0.2, 0.25) is 0 Å². The molecule has 1 spiro atoms. The highest BCUT2D eigenvalue weighted by molar-refractivity contribution is 6.08. The number of urea groups is 1. The third kappa shape index (κ3) is 3.02. The van der Waals surface area contributed by atoms with E-state index in [-0.39, 0.29) is 11.8 Å². The lowest BCUT2D eigenvalue weighted by atomic mass is 9.96. The molecule has 0 aromatic heterocycles. The summed E-state index contributed by atoms with van der Waals surface area (Å²) < 4.78 is 10.4. The molecule has 1 unspecified atom stereocenters. The van der Waals surface area contributed by atoms with Crippen molar-refractivity contribution in [3.63, 3.8) is 0 Å². The summed E-state index contributed by atoms with van der Waals surface area (Å²) in [5.74, 6) is 0.409. The maximum Gasteiger partial charge on any atom is 0.322 e. The zero-order chi connectivity index (χ0) is 19.9. The summed E-state index contributed by atoms with van der Waals surface area (Å²) >= 11 is 0. The first kappa shape index (κ1) is 17.8. The van der Waals surface area contributed by atoms with E-state index in [0.29, 0.717) is 35.6 Å². The molecular formula is C20H19N3O5. The van der Waals surface area contributed by atoms with Gasteiger partial charge in [-0.25, -0.2) is 4.79 Å². The van der Waals surface area contributed by atoms with E-state index < -0.39 is 11.6 Å². The van der Waals surface area contributed by atoms with E-state index in [1.165, 1.54) is 14.2 Å². The van der Waals surface area contributed by atoms with Gasteiger partial charge in [-0.05, 0) is 35.4 Å². The van der Waals surface area contributed by atoms with Crippen molar-refractivity contribution in [2.75, 3.05) is 19.5 Å². The molecule has 3 N–H and O–H groups in total. The first-order valence-electron chi connectivity index (χ1n) is 8.72. The molecule has 0 bridgehead atoms. The number of carbonyl (C=O) groups is 3. The summed E-state index contributed by atoms with van der Waals surface area (Å²) in [4.78, 5) is 36.3. The van der Waals surface area contributed by atoms with Crippen LogP contribution in [0.1, 0.15) is 21.5 Å². The molecular weight excluding hydrogens is 362 g/mol. The van der Waals surface area contributed by atoms with E-state index in [0.717, 1.165) is 11.1 Å². The summed E-state index contributed by atoms with van der Waals surface area (Å²) in [5.41, 5.74) is 1.96. The lowest BCUT2D eigenvalue weighted by molar-refractivity contribution is -0.123. The van der Waals surface area contributed by atoms with E-state index >= 15 is 0 Å². The minimum absolute atomic E-state index is 0.309. The second-order valence-electron chi connectivity index (χ2n) is 6.88. The van der Waals surface area contributed by atoms with Crippen molar-refractivity contribution >= 4 is 23.5 Å². The molecule has 8 heteroatoms. The summed E-state index contributed by atoms with van der Waals surface area (Å²) in [7, 11) is 3.04. The number of carbonyl (C=O) groups excluding carboxylic acids is 3. The zero-order valence-corrected chi connectivity index (χ0v) is 15.4. The SMILES string of the molecule is COc1cc(OC)cc(C(=O)Nc2ccc3c(c2)CC2(C3)NC(=O)NC2=O)c1.